The highest BCUT2D eigenvalue weighted by molar-refractivity contribution is 5.96. The highest BCUT2D eigenvalue weighted by Crippen LogP contribution is 1.80. The Morgan fingerprint density at radius 2 is 2.20 bits per heavy atom. The fourth-order valence-electron chi connectivity index (χ4n) is 0.475. The predicted molar refractivity (Wildman–Crippen MR) is 38.5 cm³/mol. The van der Waals surface area contributed by atoms with Gasteiger partial charge in [0.1, 0.15) is 5.78 Å². The molecular weight excluding hydrogens is 130 g/mol. The average Bonchev–Trinajstić information content (AvgIpc) is 1.82. The Morgan fingerprint density at radius 1 is 1.60 bits per heavy atom. The minimum absolute atomic E-state index is 0.0339. The van der Waals surface area contributed by atoms with Gasteiger partial charge in [0.05, 0.1) is 6.42 Å². The number of carbonyl (C=O) groups is 2. The van der Waals surface area contributed by atoms with Gasteiger partial charge in [0.2, 0.25) is 5.91 Å². The molecule has 0 fully saturated rings. The summed E-state index contributed by atoms with van der Waals surface area (Å²) in [5, 5.41) is 2.49. The second kappa shape index (κ2) is 4.73. The van der Waals surface area contributed by atoms with Gasteiger partial charge in [-0.2, -0.15) is 0 Å². The molecule has 0 atom stereocenters. The lowest BCUT2D eigenvalue weighted by molar-refractivity contribution is -0.127. The molecule has 0 aromatic heterocycles. The van der Waals surface area contributed by atoms with Crippen LogP contribution in [0.3, 0.4) is 0 Å². The third-order valence-electron chi connectivity index (χ3n) is 0.853. The molecule has 0 rings (SSSR count). The zero-order chi connectivity index (χ0) is 7.98. The smallest absolute Gasteiger partial charge is 0.227 e. The molecular formula is C7H11NO2. The van der Waals surface area contributed by atoms with Gasteiger partial charge in [-0.25, -0.2) is 0 Å². The van der Waals surface area contributed by atoms with Crippen molar-refractivity contribution in [1.82, 2.24) is 5.32 Å². The van der Waals surface area contributed by atoms with E-state index >= 15 is 0 Å². The van der Waals surface area contributed by atoms with Gasteiger partial charge in [-0.15, -0.1) is 6.58 Å². The Labute approximate surface area is 60.1 Å². The van der Waals surface area contributed by atoms with Gasteiger partial charge >= 0.3 is 0 Å². The van der Waals surface area contributed by atoms with Crippen LogP contribution in [0.4, 0.5) is 0 Å². The lowest BCUT2D eigenvalue weighted by Gasteiger charge is -1.97. The number of hydrogen-bond donors (Lipinski definition) is 1. The first-order chi connectivity index (χ1) is 4.66. The first kappa shape index (κ1) is 8.88. The van der Waals surface area contributed by atoms with E-state index in [9.17, 15) is 9.59 Å². The number of ketones is 1. The molecule has 1 N–H and O–H groups in total. The molecule has 0 bridgehead atoms. The van der Waals surface area contributed by atoms with Crippen LogP contribution in [0.2, 0.25) is 0 Å². The van der Waals surface area contributed by atoms with E-state index in [4.69, 9.17) is 0 Å². The fourth-order valence-corrected chi connectivity index (χ4v) is 0.475. The maximum absolute atomic E-state index is 10.6. The monoisotopic (exact) mass is 141 g/mol. The SMILES string of the molecule is C=CCNC(=O)CC(C)=O. The number of Topliss-reactive ketones (excluding diaryl/α,β-unsaturated/α-hetero) is 1. The molecule has 0 radical (unpaired) electrons. The number of nitrogens with one attached hydrogen (secondary N) is 1. The first-order valence-electron chi connectivity index (χ1n) is 3.04. The van der Waals surface area contributed by atoms with Gasteiger partial charge in [0.15, 0.2) is 0 Å². The molecule has 0 aromatic carbocycles. The van der Waals surface area contributed by atoms with Crippen LogP contribution in [-0.2, 0) is 9.59 Å². The highest BCUT2D eigenvalue weighted by Gasteiger charge is 2.01. The third kappa shape index (κ3) is 5.03. The molecule has 0 aliphatic heterocycles. The molecule has 0 heterocycles. The first-order valence-corrected chi connectivity index (χ1v) is 3.04. The molecule has 0 aliphatic carbocycles. The zero-order valence-electron chi connectivity index (χ0n) is 6.02. The average molecular weight is 141 g/mol. The van der Waals surface area contributed by atoms with Crippen LogP contribution in [0.15, 0.2) is 12.7 Å². The molecule has 1 amide bonds. The molecule has 0 spiro atoms. The second-order valence-electron chi connectivity index (χ2n) is 1.97. The molecule has 3 nitrogen and oxygen atoms in total. The minimum Gasteiger partial charge on any atom is -0.352 e. The molecule has 10 heavy (non-hydrogen) atoms. The van der Waals surface area contributed by atoms with E-state index in [1.165, 1.54) is 6.92 Å². The summed E-state index contributed by atoms with van der Waals surface area (Å²) in [7, 11) is 0. The number of amides is 1. The van der Waals surface area contributed by atoms with Crippen molar-refractivity contribution in [3.8, 4) is 0 Å². The molecule has 56 valence electrons. The van der Waals surface area contributed by atoms with E-state index in [0.717, 1.165) is 0 Å². The maximum atomic E-state index is 10.6. The lowest BCUT2D eigenvalue weighted by Crippen LogP contribution is -2.24. The van der Waals surface area contributed by atoms with Crippen molar-refractivity contribution in [3.05, 3.63) is 12.7 Å². The number of rotatable bonds is 4. The van der Waals surface area contributed by atoms with Crippen molar-refractivity contribution in [2.45, 2.75) is 13.3 Å². The summed E-state index contributed by atoms with van der Waals surface area (Å²) in [4.78, 5) is 21.0. The number of carbonyl (C=O) groups excluding carboxylic acids is 2. The molecule has 0 aliphatic rings. The van der Waals surface area contributed by atoms with Crippen LogP contribution in [-0.4, -0.2) is 18.2 Å². The van der Waals surface area contributed by atoms with Crippen molar-refractivity contribution in [1.29, 1.82) is 0 Å². The van der Waals surface area contributed by atoms with E-state index in [-0.39, 0.29) is 18.1 Å². The van der Waals surface area contributed by atoms with E-state index in [0.29, 0.717) is 6.54 Å². The topological polar surface area (TPSA) is 46.2 Å². The van der Waals surface area contributed by atoms with Crippen LogP contribution in [0.1, 0.15) is 13.3 Å². The van der Waals surface area contributed by atoms with Crippen molar-refractivity contribution in [2.24, 2.45) is 0 Å². The largest absolute Gasteiger partial charge is 0.352 e. The quantitative estimate of drug-likeness (QED) is 0.451. The van der Waals surface area contributed by atoms with Crippen LogP contribution in [0, 0.1) is 0 Å². The van der Waals surface area contributed by atoms with E-state index in [1.54, 1.807) is 6.08 Å². The summed E-state index contributed by atoms with van der Waals surface area (Å²) in [6, 6.07) is 0. The van der Waals surface area contributed by atoms with Gasteiger partial charge in [0.25, 0.3) is 0 Å². The summed E-state index contributed by atoms with van der Waals surface area (Å²) in [6.45, 7) is 5.22. The Bertz CT molecular complexity index is 152. The Kier molecular flexibility index (Phi) is 4.20. The van der Waals surface area contributed by atoms with Crippen molar-refractivity contribution < 1.29 is 9.59 Å². The Hall–Kier alpha value is -1.12. The van der Waals surface area contributed by atoms with E-state index < -0.39 is 0 Å². The predicted octanol–water partition coefficient (Wildman–Crippen LogP) is 0.268. The Morgan fingerprint density at radius 3 is 2.60 bits per heavy atom. The molecule has 3 heteroatoms. The zero-order valence-corrected chi connectivity index (χ0v) is 6.02. The highest BCUT2D eigenvalue weighted by atomic mass is 16.2. The third-order valence-corrected chi connectivity index (χ3v) is 0.853. The fraction of sp³-hybridized carbons (Fsp3) is 0.429. The van der Waals surface area contributed by atoms with Gasteiger partial charge in [0, 0.05) is 6.54 Å². The molecule has 0 aromatic rings. The van der Waals surface area contributed by atoms with E-state index in [1.807, 2.05) is 0 Å². The second-order valence-corrected chi connectivity index (χ2v) is 1.97. The minimum atomic E-state index is -0.243. The summed E-state index contributed by atoms with van der Waals surface area (Å²) >= 11 is 0. The van der Waals surface area contributed by atoms with Crippen molar-refractivity contribution in [2.75, 3.05) is 6.54 Å². The maximum Gasteiger partial charge on any atom is 0.227 e. The van der Waals surface area contributed by atoms with E-state index in [2.05, 4.69) is 11.9 Å². The van der Waals surface area contributed by atoms with Gasteiger partial charge in [-0.3, -0.25) is 9.59 Å². The van der Waals surface area contributed by atoms with Crippen molar-refractivity contribution >= 4 is 11.7 Å². The Balaban J connectivity index is 3.43. The normalized spacial score (nSPS) is 8.50. The van der Waals surface area contributed by atoms with Crippen LogP contribution < -0.4 is 5.32 Å². The molecule has 0 saturated carbocycles. The lowest BCUT2D eigenvalue weighted by atomic mass is 10.3. The summed E-state index contributed by atoms with van der Waals surface area (Å²) in [5.41, 5.74) is 0. The van der Waals surface area contributed by atoms with Crippen LogP contribution in [0.5, 0.6) is 0 Å². The van der Waals surface area contributed by atoms with Crippen molar-refractivity contribution in [3.63, 3.8) is 0 Å². The standard InChI is InChI=1S/C7H11NO2/c1-3-4-8-7(10)5-6(2)9/h3H,1,4-5H2,2H3,(H,8,10). The number of hydrogen-bond acceptors (Lipinski definition) is 2. The summed E-state index contributed by atoms with van der Waals surface area (Å²) in [5.74, 6) is -0.367. The van der Waals surface area contributed by atoms with Crippen LogP contribution in [0.25, 0.3) is 0 Å². The van der Waals surface area contributed by atoms with Gasteiger partial charge in [-0.1, -0.05) is 6.08 Å². The van der Waals surface area contributed by atoms with Gasteiger partial charge < -0.3 is 5.32 Å². The molecule has 0 saturated heterocycles. The molecule has 0 unspecified atom stereocenters. The summed E-state index contributed by atoms with van der Waals surface area (Å²) in [6.07, 6.45) is 1.53. The van der Waals surface area contributed by atoms with Gasteiger partial charge in [-0.05, 0) is 6.92 Å². The summed E-state index contributed by atoms with van der Waals surface area (Å²) < 4.78 is 0. The van der Waals surface area contributed by atoms with Crippen LogP contribution >= 0.6 is 0 Å².